The molecule has 282 valence electrons. The highest BCUT2D eigenvalue weighted by atomic mass is 32.2. The number of aromatic nitrogens is 4. The van der Waals surface area contributed by atoms with E-state index in [1.807, 2.05) is 19.1 Å². The van der Waals surface area contributed by atoms with Crippen LogP contribution in [0.1, 0.15) is 80.9 Å². The molecule has 3 fully saturated rings. The minimum Gasteiger partial charge on any atom is -0.471 e. The average Bonchev–Trinajstić information content (AvgIpc) is 4.01. The molecule has 2 aliphatic carbocycles. The minimum absolute atomic E-state index is 0.0108. The Kier molecular flexibility index (Phi) is 9.95. The predicted octanol–water partition coefficient (Wildman–Crippen LogP) is 2.22. The van der Waals surface area contributed by atoms with Gasteiger partial charge in [-0.05, 0) is 63.1 Å². The first kappa shape index (κ1) is 36.4. The molecule has 7 rings (SSSR count). The fourth-order valence-electron chi connectivity index (χ4n) is 7.15. The van der Waals surface area contributed by atoms with Gasteiger partial charge in [0, 0.05) is 31.6 Å². The lowest BCUT2D eigenvalue weighted by atomic mass is 10.0. The first-order valence-corrected chi connectivity index (χ1v) is 19.7. The number of halogens is 1. The number of benzene rings is 1. The van der Waals surface area contributed by atoms with E-state index in [0.717, 1.165) is 12.8 Å². The van der Waals surface area contributed by atoms with Crippen molar-refractivity contribution in [2.24, 2.45) is 13.0 Å². The van der Waals surface area contributed by atoms with Gasteiger partial charge in [-0.1, -0.05) is 31.9 Å². The third-order valence-corrected chi connectivity index (χ3v) is 12.2. The van der Waals surface area contributed by atoms with E-state index in [9.17, 15) is 32.0 Å². The number of sulfonamides is 1. The summed E-state index contributed by atoms with van der Waals surface area (Å²) < 4.78 is 49.7. The third kappa shape index (κ3) is 7.75. The molecule has 4 heterocycles. The number of hydrogen-bond donors (Lipinski definition) is 3. The van der Waals surface area contributed by atoms with Gasteiger partial charge in [-0.3, -0.25) is 28.6 Å². The number of carbonyl (C=O) groups is 4. The molecule has 0 radical (unpaired) electrons. The van der Waals surface area contributed by atoms with Gasteiger partial charge in [0.2, 0.25) is 27.7 Å². The number of amides is 4. The molecule has 1 saturated heterocycles. The maximum absolute atomic E-state index is 14.5. The summed E-state index contributed by atoms with van der Waals surface area (Å²) in [5.41, 5.74) is -0.135. The summed E-state index contributed by atoms with van der Waals surface area (Å²) in [7, 11) is -2.23. The van der Waals surface area contributed by atoms with Crippen molar-refractivity contribution in [3.05, 3.63) is 59.8 Å². The van der Waals surface area contributed by atoms with Gasteiger partial charge in [0.1, 0.15) is 40.9 Å². The van der Waals surface area contributed by atoms with Crippen molar-refractivity contribution >= 4 is 44.7 Å². The maximum atomic E-state index is 14.5. The second kappa shape index (κ2) is 14.5. The molecule has 0 bridgehead atoms. The smallest absolute Gasteiger partial charge is 0.272 e. The molecule has 2 aliphatic heterocycles. The molecule has 0 spiro atoms. The summed E-state index contributed by atoms with van der Waals surface area (Å²) in [6.07, 6.45) is 9.25. The molecular formula is C36H43FN8O7S. The Hall–Kier alpha value is -4.93. The van der Waals surface area contributed by atoms with E-state index < -0.39 is 74.4 Å². The summed E-state index contributed by atoms with van der Waals surface area (Å²) in [5, 5.41) is 9.20. The van der Waals surface area contributed by atoms with Crippen molar-refractivity contribution in [1.29, 1.82) is 0 Å². The standard InChI is InChI=1S/C36H43FN8O7S/c1-3-25-33(40-29-17-22(37)11-14-26(29)38-25)52-23-18-30-32(47)41-36(35(49)43-53(50,51)24-12-13-24)19-21(36)9-7-5-4-6-8-10-28(34(48)45(30)20-23)39-31(46)27-15-16-44(2)42-27/h7,9,11,14-17,21,23-24,28,30H,3-6,8,10,12-13,18-20H2,1-2H3,(H,39,46)(H,41,47)(H,43,49)/b9-7-/t21?,23-,28+,30+,36-/m1/s1. The minimum atomic E-state index is -3.91. The largest absolute Gasteiger partial charge is 0.471 e. The van der Waals surface area contributed by atoms with E-state index in [0.29, 0.717) is 49.7 Å². The summed E-state index contributed by atoms with van der Waals surface area (Å²) in [6.45, 7) is 1.79. The fourth-order valence-corrected chi connectivity index (χ4v) is 8.51. The van der Waals surface area contributed by atoms with Gasteiger partial charge in [-0.25, -0.2) is 22.8 Å². The highest BCUT2D eigenvalue weighted by Gasteiger charge is 2.62. The van der Waals surface area contributed by atoms with Crippen LogP contribution in [0.4, 0.5) is 4.39 Å². The Labute approximate surface area is 306 Å². The second-order valence-corrected chi connectivity index (χ2v) is 16.3. The van der Waals surface area contributed by atoms with Gasteiger partial charge < -0.3 is 20.3 Å². The highest BCUT2D eigenvalue weighted by molar-refractivity contribution is 7.91. The van der Waals surface area contributed by atoms with Crippen LogP contribution in [-0.4, -0.2) is 92.2 Å². The maximum Gasteiger partial charge on any atom is 0.272 e. The van der Waals surface area contributed by atoms with Crippen LogP contribution in [0.25, 0.3) is 11.0 Å². The number of nitrogens with one attached hydrogen (secondary N) is 3. The van der Waals surface area contributed by atoms with Crippen LogP contribution < -0.4 is 20.1 Å². The second-order valence-electron chi connectivity index (χ2n) is 14.4. The van der Waals surface area contributed by atoms with Crippen molar-refractivity contribution in [3.63, 3.8) is 0 Å². The van der Waals surface area contributed by atoms with Crippen molar-refractivity contribution in [1.82, 2.24) is 40.0 Å². The SMILES string of the molecule is CCc1nc2ccc(F)cc2nc1O[C@@H]1C[C@H]2C(=O)N[C@]3(C(=O)NS(=O)(=O)C4CC4)CC3/C=C\CCCCC[C@H](NC(=O)c3ccn(C)n3)C(=O)N2C1. The topological polar surface area (TPSA) is 195 Å². The molecule has 2 aromatic heterocycles. The zero-order chi connectivity index (χ0) is 37.5. The molecule has 15 nitrogen and oxygen atoms in total. The van der Waals surface area contributed by atoms with E-state index >= 15 is 0 Å². The number of fused-ring (bicyclic) bond motifs is 3. The zero-order valence-corrected chi connectivity index (χ0v) is 30.4. The number of rotatable bonds is 8. The van der Waals surface area contributed by atoms with Crippen LogP contribution in [0, 0.1) is 11.7 Å². The zero-order valence-electron chi connectivity index (χ0n) is 29.6. The van der Waals surface area contributed by atoms with Crippen molar-refractivity contribution in [2.45, 2.75) is 100 Å². The van der Waals surface area contributed by atoms with E-state index in [1.54, 1.807) is 13.2 Å². The van der Waals surface area contributed by atoms with Crippen molar-refractivity contribution in [3.8, 4) is 5.88 Å². The molecule has 17 heteroatoms. The van der Waals surface area contributed by atoms with Crippen molar-refractivity contribution in [2.75, 3.05) is 6.54 Å². The van der Waals surface area contributed by atoms with Crippen LogP contribution in [-0.2, 0) is 37.9 Å². The molecule has 2 saturated carbocycles. The molecule has 3 N–H and O–H groups in total. The predicted molar refractivity (Wildman–Crippen MR) is 189 cm³/mol. The number of ether oxygens (including phenoxy) is 1. The molecule has 4 amide bonds. The number of nitrogens with zero attached hydrogens (tertiary/aromatic N) is 5. The Bertz CT molecular complexity index is 2090. The van der Waals surface area contributed by atoms with Crippen molar-refractivity contribution < 1.29 is 36.7 Å². The number of aryl methyl sites for hydroxylation is 2. The molecular weight excluding hydrogens is 708 g/mol. The van der Waals surface area contributed by atoms with Crippen LogP contribution in [0.15, 0.2) is 42.6 Å². The van der Waals surface area contributed by atoms with E-state index in [2.05, 4.69) is 30.4 Å². The van der Waals surface area contributed by atoms with Crippen LogP contribution in [0.5, 0.6) is 5.88 Å². The molecule has 1 unspecified atom stereocenters. The van der Waals surface area contributed by atoms with Crippen LogP contribution >= 0.6 is 0 Å². The Morgan fingerprint density at radius 1 is 1.09 bits per heavy atom. The van der Waals surface area contributed by atoms with Gasteiger partial charge in [-0.15, -0.1) is 0 Å². The quantitative estimate of drug-likeness (QED) is 0.288. The molecule has 5 atom stereocenters. The van der Waals surface area contributed by atoms with E-state index in [1.165, 1.54) is 33.8 Å². The average molecular weight is 751 g/mol. The van der Waals surface area contributed by atoms with Gasteiger partial charge in [-0.2, -0.15) is 5.10 Å². The molecule has 3 aromatic rings. The monoisotopic (exact) mass is 750 g/mol. The summed E-state index contributed by atoms with van der Waals surface area (Å²) >= 11 is 0. The first-order chi connectivity index (χ1) is 25.4. The lowest BCUT2D eigenvalue weighted by Crippen LogP contribution is -2.58. The van der Waals surface area contributed by atoms with Crippen LogP contribution in [0.3, 0.4) is 0 Å². The van der Waals surface area contributed by atoms with E-state index in [4.69, 9.17) is 4.74 Å². The van der Waals surface area contributed by atoms with Gasteiger partial charge in [0.05, 0.1) is 22.8 Å². The third-order valence-electron chi connectivity index (χ3n) is 10.4. The van der Waals surface area contributed by atoms with E-state index in [-0.39, 0.29) is 36.5 Å². The Morgan fingerprint density at radius 3 is 2.64 bits per heavy atom. The number of carbonyl (C=O) groups excluding carboxylic acids is 4. The number of allylic oxidation sites excluding steroid dienone is 1. The lowest BCUT2D eigenvalue weighted by molar-refractivity contribution is -0.141. The van der Waals surface area contributed by atoms with Gasteiger partial charge >= 0.3 is 0 Å². The normalized spacial score (nSPS) is 27.1. The molecule has 4 aliphatic rings. The Balaban J connectivity index is 1.20. The summed E-state index contributed by atoms with van der Waals surface area (Å²) in [6, 6.07) is 3.43. The lowest BCUT2D eigenvalue weighted by Gasteiger charge is -2.29. The highest BCUT2D eigenvalue weighted by Crippen LogP contribution is 2.46. The van der Waals surface area contributed by atoms with Gasteiger partial charge in [0.25, 0.3) is 11.8 Å². The molecule has 1 aromatic carbocycles. The van der Waals surface area contributed by atoms with Gasteiger partial charge in [0.15, 0.2) is 0 Å². The summed E-state index contributed by atoms with van der Waals surface area (Å²) in [5.74, 6) is -3.34. The first-order valence-electron chi connectivity index (χ1n) is 18.2. The van der Waals surface area contributed by atoms with Crippen LogP contribution in [0.2, 0.25) is 0 Å². The number of hydrogen-bond acceptors (Lipinski definition) is 10. The Morgan fingerprint density at radius 2 is 1.91 bits per heavy atom. The summed E-state index contributed by atoms with van der Waals surface area (Å²) in [4.78, 5) is 66.3. The fraction of sp³-hybridized carbons (Fsp3) is 0.528. The molecule has 53 heavy (non-hydrogen) atoms.